The third kappa shape index (κ3) is 3.40. The summed E-state index contributed by atoms with van der Waals surface area (Å²) in [4.78, 5) is 6.14. The Hall–Kier alpha value is -3.09. The van der Waals surface area contributed by atoms with Crippen molar-refractivity contribution < 1.29 is 13.2 Å². The molecule has 1 aromatic heterocycles. The van der Waals surface area contributed by atoms with Gasteiger partial charge in [0.15, 0.2) is 5.13 Å². The van der Waals surface area contributed by atoms with Gasteiger partial charge in [0.1, 0.15) is 12.4 Å². The molecule has 0 spiro atoms. The molecule has 1 aliphatic rings. The van der Waals surface area contributed by atoms with E-state index < -0.39 is 10.0 Å². The van der Waals surface area contributed by atoms with E-state index in [0.717, 1.165) is 16.9 Å². The molecule has 3 aromatic rings. The third-order valence-electron chi connectivity index (χ3n) is 4.38. The fourth-order valence-electron chi connectivity index (χ4n) is 3.09. The van der Waals surface area contributed by atoms with Gasteiger partial charge >= 0.3 is 0 Å². The van der Waals surface area contributed by atoms with Crippen molar-refractivity contribution in [2.45, 2.75) is 11.8 Å². The number of anilines is 3. The highest BCUT2D eigenvalue weighted by molar-refractivity contribution is 7.93. The van der Waals surface area contributed by atoms with E-state index in [1.807, 2.05) is 19.1 Å². The van der Waals surface area contributed by atoms with Crippen molar-refractivity contribution in [1.82, 2.24) is 4.98 Å². The number of fused-ring (bicyclic) bond motifs is 1. The van der Waals surface area contributed by atoms with Crippen LogP contribution in [0.1, 0.15) is 11.1 Å². The van der Waals surface area contributed by atoms with Crippen molar-refractivity contribution in [3.63, 3.8) is 0 Å². The quantitative estimate of drug-likeness (QED) is 0.703. The first-order chi connectivity index (χ1) is 13.5. The predicted molar refractivity (Wildman–Crippen MR) is 108 cm³/mol. The predicted octanol–water partition coefficient (Wildman–Crippen LogP) is 3.65. The topological polar surface area (TPSA) is 95.3 Å². The van der Waals surface area contributed by atoms with E-state index in [-0.39, 0.29) is 4.90 Å². The normalized spacial score (nSPS) is 13.4. The molecule has 28 heavy (non-hydrogen) atoms. The summed E-state index contributed by atoms with van der Waals surface area (Å²) < 4.78 is 33.4. The van der Waals surface area contributed by atoms with Gasteiger partial charge in [-0.05, 0) is 42.8 Å². The maximum absolute atomic E-state index is 12.6. The molecule has 9 heteroatoms. The molecule has 0 bridgehead atoms. The van der Waals surface area contributed by atoms with Crippen molar-refractivity contribution in [3.8, 4) is 11.8 Å². The maximum Gasteiger partial charge on any atom is 0.263 e. The molecule has 2 aromatic carbocycles. The molecule has 0 radical (unpaired) electrons. The Kier molecular flexibility index (Phi) is 4.66. The minimum atomic E-state index is -3.75. The van der Waals surface area contributed by atoms with Crippen LogP contribution in [0.25, 0.3) is 0 Å². The van der Waals surface area contributed by atoms with Crippen LogP contribution in [0.4, 0.5) is 16.5 Å². The average molecular weight is 412 g/mol. The number of benzene rings is 2. The fraction of sp³-hybridized carbons (Fsp3) is 0.158. The summed E-state index contributed by atoms with van der Waals surface area (Å²) in [6, 6.07) is 12.5. The summed E-state index contributed by atoms with van der Waals surface area (Å²) in [5.41, 5.74) is 3.31. The highest BCUT2D eigenvalue weighted by atomic mass is 32.2. The van der Waals surface area contributed by atoms with Gasteiger partial charge in [-0.2, -0.15) is 5.26 Å². The fourth-order valence-corrected chi connectivity index (χ4v) is 4.90. The highest BCUT2D eigenvalue weighted by Crippen LogP contribution is 2.39. The molecule has 1 aliphatic heterocycles. The lowest BCUT2D eigenvalue weighted by molar-refractivity contribution is 0.313. The van der Waals surface area contributed by atoms with Gasteiger partial charge in [0, 0.05) is 23.3 Å². The van der Waals surface area contributed by atoms with Gasteiger partial charge in [0.25, 0.3) is 10.0 Å². The highest BCUT2D eigenvalue weighted by Gasteiger charge is 2.24. The first kappa shape index (κ1) is 18.3. The number of aryl methyl sites for hydroxylation is 1. The molecule has 0 aliphatic carbocycles. The Labute approximate surface area is 166 Å². The Morgan fingerprint density at radius 3 is 2.79 bits per heavy atom. The number of thiazole rings is 1. The smallest absolute Gasteiger partial charge is 0.263 e. The first-order valence-electron chi connectivity index (χ1n) is 8.45. The van der Waals surface area contributed by atoms with Gasteiger partial charge in [-0.1, -0.05) is 0 Å². The summed E-state index contributed by atoms with van der Waals surface area (Å²) >= 11 is 1.21. The van der Waals surface area contributed by atoms with E-state index in [2.05, 4.69) is 20.7 Å². The van der Waals surface area contributed by atoms with Gasteiger partial charge in [0.05, 0.1) is 28.8 Å². The van der Waals surface area contributed by atoms with Gasteiger partial charge in [0.2, 0.25) is 0 Å². The van der Waals surface area contributed by atoms with E-state index in [0.29, 0.717) is 29.6 Å². The number of aromatic nitrogens is 1. The summed E-state index contributed by atoms with van der Waals surface area (Å²) in [7, 11) is -3.75. The average Bonchev–Trinajstić information content (AvgIpc) is 3.19. The second kappa shape index (κ2) is 7.14. The van der Waals surface area contributed by atoms with E-state index in [9.17, 15) is 8.42 Å². The second-order valence-corrected chi connectivity index (χ2v) is 8.76. The van der Waals surface area contributed by atoms with Gasteiger partial charge in [-0.3, -0.25) is 4.72 Å². The Morgan fingerprint density at radius 1 is 1.25 bits per heavy atom. The lowest BCUT2D eigenvalue weighted by atomic mass is 10.1. The van der Waals surface area contributed by atoms with Crippen LogP contribution in [0, 0.1) is 18.3 Å². The monoisotopic (exact) mass is 412 g/mol. The summed E-state index contributed by atoms with van der Waals surface area (Å²) in [5.74, 6) is 0.497. The van der Waals surface area contributed by atoms with Crippen molar-refractivity contribution in [3.05, 3.63) is 59.1 Å². The Morgan fingerprint density at radius 2 is 2.07 bits per heavy atom. The van der Waals surface area contributed by atoms with Crippen LogP contribution in [0.5, 0.6) is 5.75 Å². The lowest BCUT2D eigenvalue weighted by Gasteiger charge is -2.32. The number of sulfonamides is 1. The zero-order valence-electron chi connectivity index (χ0n) is 14.9. The zero-order chi connectivity index (χ0) is 19.7. The van der Waals surface area contributed by atoms with Crippen molar-refractivity contribution in [1.29, 1.82) is 5.26 Å². The second-order valence-electron chi connectivity index (χ2n) is 6.19. The molecule has 7 nitrogen and oxygen atoms in total. The van der Waals surface area contributed by atoms with Crippen LogP contribution in [0.15, 0.2) is 52.9 Å². The third-order valence-corrected chi connectivity index (χ3v) is 6.53. The van der Waals surface area contributed by atoms with Crippen LogP contribution >= 0.6 is 11.3 Å². The van der Waals surface area contributed by atoms with Crippen molar-refractivity contribution in [2.75, 3.05) is 22.8 Å². The van der Waals surface area contributed by atoms with Crippen LogP contribution in [-0.4, -0.2) is 26.6 Å². The van der Waals surface area contributed by atoms with Crippen LogP contribution in [0.2, 0.25) is 0 Å². The van der Waals surface area contributed by atoms with E-state index in [1.165, 1.54) is 23.6 Å². The number of rotatable bonds is 4. The van der Waals surface area contributed by atoms with Crippen molar-refractivity contribution in [2.24, 2.45) is 0 Å². The number of nitrogens with zero attached hydrogens (tertiary/aromatic N) is 3. The number of nitriles is 1. The van der Waals surface area contributed by atoms with E-state index in [4.69, 9.17) is 10.00 Å². The molecule has 0 fully saturated rings. The molecule has 0 unspecified atom stereocenters. The number of hydrogen-bond acceptors (Lipinski definition) is 7. The maximum atomic E-state index is 12.6. The molecule has 4 rings (SSSR count). The largest absolute Gasteiger partial charge is 0.489 e. The number of hydrogen-bond donors (Lipinski definition) is 1. The lowest BCUT2D eigenvalue weighted by Crippen LogP contribution is -2.29. The number of nitrogens with one attached hydrogen (secondary N) is 1. The Bertz CT molecular complexity index is 1170. The summed E-state index contributed by atoms with van der Waals surface area (Å²) in [5, 5.41) is 11.1. The van der Waals surface area contributed by atoms with E-state index >= 15 is 0 Å². The van der Waals surface area contributed by atoms with Crippen LogP contribution < -0.4 is 14.4 Å². The van der Waals surface area contributed by atoms with Gasteiger partial charge in [-0.15, -0.1) is 11.3 Å². The van der Waals surface area contributed by atoms with Gasteiger partial charge in [-0.25, -0.2) is 13.4 Å². The zero-order valence-corrected chi connectivity index (χ0v) is 16.5. The molecule has 2 heterocycles. The summed E-state index contributed by atoms with van der Waals surface area (Å²) in [6.45, 7) is 3.00. The molecule has 0 amide bonds. The molecule has 0 atom stereocenters. The van der Waals surface area contributed by atoms with Crippen LogP contribution in [0.3, 0.4) is 0 Å². The molecule has 1 N–H and O–H groups in total. The minimum Gasteiger partial charge on any atom is -0.489 e. The molecular weight excluding hydrogens is 396 g/mol. The molecule has 0 saturated heterocycles. The molecular formula is C19H16N4O3S2. The summed E-state index contributed by atoms with van der Waals surface area (Å²) in [6.07, 6.45) is 1.54. The Balaban J connectivity index is 1.69. The minimum absolute atomic E-state index is 0.111. The van der Waals surface area contributed by atoms with Crippen molar-refractivity contribution >= 4 is 37.9 Å². The van der Waals surface area contributed by atoms with Gasteiger partial charge < -0.3 is 9.64 Å². The first-order valence-corrected chi connectivity index (χ1v) is 10.8. The van der Waals surface area contributed by atoms with E-state index in [1.54, 1.807) is 23.6 Å². The molecule has 142 valence electrons. The SMILES string of the molecule is Cc1cc(C#N)ccc1N1CCOc2cc(S(=O)(=O)Nc3nccs3)ccc21. The standard InChI is InChI=1S/C19H16N4O3S2/c1-13-10-14(12-20)2-4-16(13)23-7-8-26-18-11-15(3-5-17(18)23)28(24,25)22-19-21-6-9-27-19/h2-6,9-11H,7-8H2,1H3,(H,21,22). The number of ether oxygens (including phenoxy) is 1. The van der Waals surface area contributed by atoms with Crippen LogP contribution in [-0.2, 0) is 10.0 Å². The molecule has 0 saturated carbocycles.